The Balaban J connectivity index is 1.64. The van der Waals surface area contributed by atoms with Crippen LogP contribution in [0.3, 0.4) is 0 Å². The van der Waals surface area contributed by atoms with E-state index in [2.05, 4.69) is 20.5 Å². The zero-order chi connectivity index (χ0) is 19.4. The van der Waals surface area contributed by atoms with Crippen molar-refractivity contribution in [1.82, 2.24) is 29.4 Å². The molecule has 0 atom stereocenters. The molecular weight excluding hydrogens is 346 g/mol. The maximum absolute atomic E-state index is 12.4. The third kappa shape index (κ3) is 4.25. The first-order valence-corrected chi connectivity index (χ1v) is 8.60. The summed E-state index contributed by atoms with van der Waals surface area (Å²) in [4.78, 5) is 18.2. The van der Waals surface area contributed by atoms with Gasteiger partial charge in [-0.2, -0.15) is 10.1 Å². The summed E-state index contributed by atoms with van der Waals surface area (Å²) in [7, 11) is 5.14. The Morgan fingerprint density at radius 2 is 2.19 bits per heavy atom. The number of urea groups is 1. The molecule has 0 bridgehead atoms. The van der Waals surface area contributed by atoms with Crippen LogP contribution in [0.15, 0.2) is 36.7 Å². The summed E-state index contributed by atoms with van der Waals surface area (Å²) in [5.41, 5.74) is 1.79. The number of amides is 2. The van der Waals surface area contributed by atoms with Crippen LogP contribution in [0, 0.1) is 0 Å². The highest BCUT2D eigenvalue weighted by atomic mass is 16.5. The summed E-state index contributed by atoms with van der Waals surface area (Å²) in [5.74, 6) is 1.88. The van der Waals surface area contributed by atoms with Gasteiger partial charge in [0, 0.05) is 38.3 Å². The molecule has 2 aromatic heterocycles. The lowest BCUT2D eigenvalue weighted by molar-refractivity contribution is 0.220. The van der Waals surface area contributed by atoms with Gasteiger partial charge in [-0.25, -0.2) is 9.48 Å². The smallest absolute Gasteiger partial charge is 0.324 e. The van der Waals surface area contributed by atoms with E-state index in [9.17, 15) is 4.79 Å². The number of aromatic nitrogens is 5. The average Bonchev–Trinajstić information content (AvgIpc) is 3.27. The van der Waals surface area contributed by atoms with Crippen molar-refractivity contribution in [3.63, 3.8) is 0 Å². The van der Waals surface area contributed by atoms with Crippen molar-refractivity contribution in [2.75, 3.05) is 19.5 Å². The molecule has 142 valence electrons. The summed E-state index contributed by atoms with van der Waals surface area (Å²) in [5, 5.41) is 11.3. The van der Waals surface area contributed by atoms with Gasteiger partial charge < -0.3 is 9.64 Å². The molecule has 1 N–H and O–H groups in total. The van der Waals surface area contributed by atoms with Crippen LogP contribution in [0.2, 0.25) is 0 Å². The van der Waals surface area contributed by atoms with Crippen LogP contribution in [0.25, 0.3) is 5.69 Å². The molecule has 3 aromatic rings. The number of hydrogen-bond acceptors (Lipinski definition) is 5. The number of anilines is 1. The van der Waals surface area contributed by atoms with Crippen molar-refractivity contribution in [3.05, 3.63) is 48.0 Å². The number of nitrogens with one attached hydrogen (secondary N) is 1. The van der Waals surface area contributed by atoms with Crippen LogP contribution in [0.5, 0.6) is 5.75 Å². The van der Waals surface area contributed by atoms with E-state index in [0.29, 0.717) is 12.5 Å². The molecule has 9 heteroatoms. The molecule has 0 unspecified atom stereocenters. The van der Waals surface area contributed by atoms with E-state index in [0.717, 1.165) is 29.2 Å². The summed E-state index contributed by atoms with van der Waals surface area (Å²) in [6, 6.07) is 7.33. The van der Waals surface area contributed by atoms with Gasteiger partial charge in [-0.15, -0.1) is 5.10 Å². The molecular formula is C18H23N7O2. The fourth-order valence-electron chi connectivity index (χ4n) is 2.65. The molecule has 3 rings (SSSR count). The van der Waals surface area contributed by atoms with Gasteiger partial charge in [0.15, 0.2) is 0 Å². The summed E-state index contributed by atoms with van der Waals surface area (Å²) < 4.78 is 8.65. The van der Waals surface area contributed by atoms with Crippen molar-refractivity contribution in [2.24, 2.45) is 7.05 Å². The standard InChI is InChI=1S/C18H23N7O2/c1-5-16-20-17(22-24(16)3)21-18(26)23(2)11-13-10-19-25(12-13)14-7-6-8-15(9-14)27-4/h6-10,12H,5,11H2,1-4H3,(H,21,22,26). The normalized spacial score (nSPS) is 10.7. The molecule has 27 heavy (non-hydrogen) atoms. The van der Waals surface area contributed by atoms with Crippen LogP contribution in [-0.2, 0) is 20.0 Å². The lowest BCUT2D eigenvalue weighted by atomic mass is 10.3. The molecule has 0 spiro atoms. The highest BCUT2D eigenvalue weighted by Crippen LogP contribution is 2.16. The van der Waals surface area contributed by atoms with Crippen molar-refractivity contribution in [1.29, 1.82) is 0 Å². The SMILES string of the molecule is CCc1nc(NC(=O)N(C)Cc2cnn(-c3cccc(OC)c3)c2)nn1C. The van der Waals surface area contributed by atoms with E-state index in [-0.39, 0.29) is 6.03 Å². The van der Waals surface area contributed by atoms with E-state index in [1.54, 1.807) is 41.7 Å². The number of methoxy groups -OCH3 is 1. The zero-order valence-electron chi connectivity index (χ0n) is 15.9. The first-order valence-electron chi connectivity index (χ1n) is 8.60. The Morgan fingerprint density at radius 3 is 2.89 bits per heavy atom. The van der Waals surface area contributed by atoms with Gasteiger partial charge in [0.1, 0.15) is 11.6 Å². The first-order chi connectivity index (χ1) is 13.0. The Hall–Kier alpha value is -3.36. The number of ether oxygens (including phenoxy) is 1. The summed E-state index contributed by atoms with van der Waals surface area (Å²) >= 11 is 0. The van der Waals surface area contributed by atoms with Gasteiger partial charge in [-0.05, 0) is 12.1 Å². The minimum atomic E-state index is -0.280. The molecule has 0 saturated heterocycles. The topological polar surface area (TPSA) is 90.1 Å². The number of hydrogen-bond donors (Lipinski definition) is 1. The van der Waals surface area contributed by atoms with Crippen molar-refractivity contribution in [2.45, 2.75) is 19.9 Å². The fourth-order valence-corrected chi connectivity index (χ4v) is 2.65. The number of carbonyl (C=O) groups excluding carboxylic acids is 1. The highest BCUT2D eigenvalue weighted by molar-refractivity contribution is 5.87. The monoisotopic (exact) mass is 369 g/mol. The number of aryl methyl sites for hydroxylation is 2. The number of nitrogens with zero attached hydrogens (tertiary/aromatic N) is 6. The molecule has 0 saturated carbocycles. The third-order valence-electron chi connectivity index (χ3n) is 4.11. The van der Waals surface area contributed by atoms with Crippen LogP contribution >= 0.6 is 0 Å². The number of carbonyl (C=O) groups is 1. The quantitative estimate of drug-likeness (QED) is 0.720. The predicted molar refractivity (Wildman–Crippen MR) is 101 cm³/mol. The predicted octanol–water partition coefficient (Wildman–Crippen LogP) is 2.24. The third-order valence-corrected chi connectivity index (χ3v) is 4.11. The van der Waals surface area contributed by atoms with Crippen molar-refractivity contribution < 1.29 is 9.53 Å². The largest absolute Gasteiger partial charge is 0.497 e. The van der Waals surface area contributed by atoms with Gasteiger partial charge in [0.2, 0.25) is 5.95 Å². The first kappa shape index (κ1) is 18.4. The molecule has 1 aromatic carbocycles. The summed E-state index contributed by atoms with van der Waals surface area (Å²) in [6.07, 6.45) is 4.36. The lowest BCUT2D eigenvalue weighted by Crippen LogP contribution is -2.31. The maximum Gasteiger partial charge on any atom is 0.324 e. The Morgan fingerprint density at radius 1 is 1.37 bits per heavy atom. The van der Waals surface area contributed by atoms with E-state index in [1.807, 2.05) is 37.4 Å². The maximum atomic E-state index is 12.4. The second-order valence-corrected chi connectivity index (χ2v) is 6.11. The molecule has 0 fully saturated rings. The van der Waals surface area contributed by atoms with Crippen molar-refractivity contribution in [3.8, 4) is 11.4 Å². The van der Waals surface area contributed by atoms with Crippen LogP contribution in [0.1, 0.15) is 18.3 Å². The average molecular weight is 369 g/mol. The van der Waals surface area contributed by atoms with E-state index in [4.69, 9.17) is 4.74 Å². The molecule has 0 aliphatic carbocycles. The van der Waals surface area contributed by atoms with Crippen LogP contribution in [-0.4, -0.2) is 49.6 Å². The van der Waals surface area contributed by atoms with E-state index in [1.165, 1.54) is 0 Å². The van der Waals surface area contributed by atoms with Gasteiger partial charge in [-0.1, -0.05) is 13.0 Å². The number of benzene rings is 1. The second kappa shape index (κ2) is 7.90. The zero-order valence-corrected chi connectivity index (χ0v) is 15.9. The molecule has 0 aliphatic rings. The second-order valence-electron chi connectivity index (χ2n) is 6.11. The molecule has 0 radical (unpaired) electrons. The Labute approximate surface area is 157 Å². The van der Waals surface area contributed by atoms with Gasteiger partial charge in [-0.3, -0.25) is 10.00 Å². The van der Waals surface area contributed by atoms with Gasteiger partial charge in [0.05, 0.1) is 25.5 Å². The lowest BCUT2D eigenvalue weighted by Gasteiger charge is -2.15. The van der Waals surface area contributed by atoms with E-state index < -0.39 is 0 Å². The van der Waals surface area contributed by atoms with E-state index >= 15 is 0 Å². The summed E-state index contributed by atoms with van der Waals surface area (Å²) in [6.45, 7) is 2.39. The Kier molecular flexibility index (Phi) is 5.39. The molecule has 2 amide bonds. The highest BCUT2D eigenvalue weighted by Gasteiger charge is 2.14. The van der Waals surface area contributed by atoms with Crippen LogP contribution in [0.4, 0.5) is 10.7 Å². The van der Waals surface area contributed by atoms with Crippen LogP contribution < -0.4 is 10.1 Å². The molecule has 2 heterocycles. The number of rotatable bonds is 6. The minimum absolute atomic E-state index is 0.280. The van der Waals surface area contributed by atoms with Gasteiger partial charge in [0.25, 0.3) is 0 Å². The minimum Gasteiger partial charge on any atom is -0.497 e. The molecule has 9 nitrogen and oxygen atoms in total. The fraction of sp³-hybridized carbons (Fsp3) is 0.333. The molecule has 0 aliphatic heterocycles. The van der Waals surface area contributed by atoms with Crippen molar-refractivity contribution >= 4 is 12.0 Å². The van der Waals surface area contributed by atoms with Gasteiger partial charge >= 0.3 is 6.03 Å². The Bertz CT molecular complexity index is 931.